The number of aromatic hydroxyl groups is 1. The lowest BCUT2D eigenvalue weighted by Crippen LogP contribution is -2.35. The molecule has 0 saturated carbocycles. The van der Waals surface area contributed by atoms with Gasteiger partial charge < -0.3 is 18.6 Å². The number of fused-ring (bicyclic) bond motifs is 2. The minimum Gasteiger partial charge on any atom is -0.508 e. The summed E-state index contributed by atoms with van der Waals surface area (Å²) in [4.78, 5) is 4.09. The Labute approximate surface area is 216 Å². The second-order valence-electron chi connectivity index (χ2n) is 8.74. The molecular weight excluding hydrogens is 544 g/mol. The highest BCUT2D eigenvalue weighted by Crippen LogP contribution is 2.51. The van der Waals surface area contributed by atoms with Crippen LogP contribution in [0.1, 0.15) is 17.5 Å². The monoisotopic (exact) mass is 564 g/mol. The van der Waals surface area contributed by atoms with Crippen LogP contribution >= 0.6 is 15.9 Å². The van der Waals surface area contributed by atoms with E-state index < -0.39 is 27.6 Å². The number of rotatable bonds is 6. The van der Waals surface area contributed by atoms with E-state index >= 15 is 0 Å². The maximum absolute atomic E-state index is 13.4. The van der Waals surface area contributed by atoms with Crippen molar-refractivity contribution in [2.45, 2.75) is 23.9 Å². The fourth-order valence-corrected chi connectivity index (χ4v) is 6.58. The normalized spacial score (nSPS) is 21.2. The van der Waals surface area contributed by atoms with Gasteiger partial charge in [-0.1, -0.05) is 40.2 Å². The number of phenolic OH excluding ortho intramolecular Hbond substituents is 1. The van der Waals surface area contributed by atoms with Crippen LogP contribution in [0.5, 0.6) is 11.5 Å². The van der Waals surface area contributed by atoms with Crippen LogP contribution < -0.4 is 4.18 Å². The summed E-state index contributed by atoms with van der Waals surface area (Å²) in [5.41, 5.74) is 4.46. The molecule has 0 spiro atoms. The van der Waals surface area contributed by atoms with Crippen molar-refractivity contribution in [3.05, 3.63) is 107 Å². The highest BCUT2D eigenvalue weighted by molar-refractivity contribution is 9.10. The number of halogens is 1. The van der Waals surface area contributed by atoms with E-state index in [1.165, 1.54) is 0 Å². The van der Waals surface area contributed by atoms with Gasteiger partial charge in [0.25, 0.3) is 0 Å². The predicted octanol–water partition coefficient (Wildman–Crippen LogP) is 5.20. The van der Waals surface area contributed by atoms with Crippen LogP contribution in [0.3, 0.4) is 0 Å². The van der Waals surface area contributed by atoms with E-state index in [9.17, 15) is 13.5 Å². The third kappa shape index (κ3) is 4.13. The van der Waals surface area contributed by atoms with Crippen LogP contribution in [-0.2, 0) is 14.9 Å². The van der Waals surface area contributed by atoms with Gasteiger partial charge in [0.05, 0.1) is 12.4 Å². The van der Waals surface area contributed by atoms with Crippen molar-refractivity contribution in [2.75, 3.05) is 0 Å². The average Bonchev–Trinajstić information content (AvgIpc) is 3.63. The van der Waals surface area contributed by atoms with Crippen molar-refractivity contribution in [2.24, 2.45) is 0 Å². The number of hydrogen-bond donors (Lipinski definition) is 1. The first-order valence-corrected chi connectivity index (χ1v) is 13.6. The lowest BCUT2D eigenvalue weighted by Gasteiger charge is -2.25. The van der Waals surface area contributed by atoms with Gasteiger partial charge in [-0.05, 0) is 70.8 Å². The van der Waals surface area contributed by atoms with E-state index in [2.05, 4.69) is 20.9 Å². The first-order valence-electron chi connectivity index (χ1n) is 11.4. The van der Waals surface area contributed by atoms with Gasteiger partial charge in [0.1, 0.15) is 22.9 Å². The molecule has 7 nitrogen and oxygen atoms in total. The summed E-state index contributed by atoms with van der Waals surface area (Å²) < 4.78 is 41.3. The van der Waals surface area contributed by atoms with Crippen molar-refractivity contribution < 1.29 is 22.4 Å². The summed E-state index contributed by atoms with van der Waals surface area (Å²) in [7, 11) is -3.98. The van der Waals surface area contributed by atoms with Gasteiger partial charge in [-0.2, -0.15) is 8.42 Å². The topological polar surface area (TPSA) is 90.7 Å². The number of imidazole rings is 1. The number of ether oxygens (including phenoxy) is 1. The Morgan fingerprint density at radius 1 is 0.944 bits per heavy atom. The SMILES string of the molecule is O=S(=O)(Oc1ccc(Br)cc1)C1CC2OC1C(c1ccc(-n3ccnc3)cc1)=C2c1ccc(O)cc1. The molecule has 1 aromatic heterocycles. The first kappa shape index (κ1) is 23.0. The quantitative estimate of drug-likeness (QED) is 0.324. The molecule has 0 amide bonds. The molecule has 4 aromatic rings. The average molecular weight is 565 g/mol. The summed E-state index contributed by atoms with van der Waals surface area (Å²) in [5.74, 6) is 0.424. The summed E-state index contributed by atoms with van der Waals surface area (Å²) in [6.45, 7) is 0. The van der Waals surface area contributed by atoms with Crippen molar-refractivity contribution in [1.82, 2.24) is 9.55 Å². The number of benzene rings is 3. The van der Waals surface area contributed by atoms with Gasteiger partial charge in [-0.3, -0.25) is 0 Å². The van der Waals surface area contributed by atoms with Gasteiger partial charge in [0, 0.05) is 29.0 Å². The zero-order chi connectivity index (χ0) is 24.9. The van der Waals surface area contributed by atoms with Gasteiger partial charge in [-0.15, -0.1) is 0 Å². The molecule has 3 aromatic carbocycles. The Kier molecular flexibility index (Phi) is 5.70. The van der Waals surface area contributed by atoms with E-state index in [-0.39, 0.29) is 17.9 Å². The lowest BCUT2D eigenvalue weighted by molar-refractivity contribution is 0.128. The van der Waals surface area contributed by atoms with Crippen molar-refractivity contribution in [1.29, 1.82) is 0 Å². The van der Waals surface area contributed by atoms with Gasteiger partial charge in [0.15, 0.2) is 0 Å². The fourth-order valence-electron chi connectivity index (χ4n) is 4.90. The molecule has 1 fully saturated rings. The molecule has 0 aliphatic carbocycles. The van der Waals surface area contributed by atoms with Gasteiger partial charge >= 0.3 is 10.1 Å². The number of aromatic nitrogens is 2. The minimum absolute atomic E-state index is 0.165. The van der Waals surface area contributed by atoms with Crippen LogP contribution in [0, 0.1) is 0 Å². The molecular formula is C27H21BrN2O5S. The molecule has 36 heavy (non-hydrogen) atoms. The lowest BCUT2D eigenvalue weighted by atomic mass is 9.83. The zero-order valence-electron chi connectivity index (χ0n) is 18.9. The van der Waals surface area contributed by atoms with E-state index in [0.29, 0.717) is 0 Å². The Bertz CT molecular complexity index is 1530. The summed E-state index contributed by atoms with van der Waals surface area (Å²) in [6, 6.07) is 21.5. The maximum Gasteiger partial charge on any atom is 0.315 e. The number of hydrogen-bond acceptors (Lipinski definition) is 6. The van der Waals surface area contributed by atoms with Crippen LogP contribution in [0.15, 0.2) is 96.0 Å². The van der Waals surface area contributed by atoms with Crippen LogP contribution in [0.25, 0.3) is 16.8 Å². The molecule has 9 heteroatoms. The van der Waals surface area contributed by atoms with Gasteiger partial charge in [0.2, 0.25) is 0 Å². The summed E-state index contributed by atoms with van der Waals surface area (Å²) in [5, 5.41) is 8.94. The molecule has 1 N–H and O–H groups in total. The van der Waals surface area contributed by atoms with Crippen molar-refractivity contribution in [3.8, 4) is 17.2 Å². The number of nitrogens with zero attached hydrogens (tertiary/aromatic N) is 2. The second kappa shape index (κ2) is 8.92. The van der Waals surface area contributed by atoms with Crippen molar-refractivity contribution in [3.63, 3.8) is 0 Å². The largest absolute Gasteiger partial charge is 0.508 e. The molecule has 2 bridgehead atoms. The van der Waals surface area contributed by atoms with E-state index in [4.69, 9.17) is 8.92 Å². The summed E-state index contributed by atoms with van der Waals surface area (Å²) >= 11 is 3.35. The molecule has 0 radical (unpaired) electrons. The standard InChI is InChI=1S/C27H21BrN2O5S/c28-19-5-11-22(12-6-19)35-36(32,33)24-15-23-25(17-3-9-21(31)10-4-17)26(27(24)34-23)18-1-7-20(8-2-18)30-14-13-29-16-30/h1-14,16,23-24,27,31H,15H2. The van der Waals surface area contributed by atoms with Crippen LogP contribution in [0.2, 0.25) is 0 Å². The smallest absolute Gasteiger partial charge is 0.315 e. The molecule has 182 valence electrons. The van der Waals surface area contributed by atoms with Crippen LogP contribution in [0.4, 0.5) is 0 Å². The Hall–Kier alpha value is -3.40. The van der Waals surface area contributed by atoms with Gasteiger partial charge in [-0.25, -0.2) is 4.98 Å². The Morgan fingerprint density at radius 3 is 2.28 bits per heavy atom. The highest BCUT2D eigenvalue weighted by atomic mass is 79.9. The molecule has 1 saturated heterocycles. The maximum atomic E-state index is 13.4. The highest BCUT2D eigenvalue weighted by Gasteiger charge is 2.53. The minimum atomic E-state index is -3.98. The van der Waals surface area contributed by atoms with E-state index in [0.717, 1.165) is 32.4 Å². The molecule has 6 rings (SSSR count). The number of phenols is 1. The van der Waals surface area contributed by atoms with E-state index in [1.54, 1.807) is 48.9 Å². The van der Waals surface area contributed by atoms with E-state index in [1.807, 2.05) is 47.2 Å². The first-order chi connectivity index (χ1) is 17.4. The molecule has 3 unspecified atom stereocenters. The molecule has 3 heterocycles. The predicted molar refractivity (Wildman–Crippen MR) is 139 cm³/mol. The van der Waals surface area contributed by atoms with Crippen molar-refractivity contribution >= 4 is 37.2 Å². The van der Waals surface area contributed by atoms with Crippen LogP contribution in [-0.4, -0.2) is 40.5 Å². The Balaban J connectivity index is 1.40. The molecule has 2 aliphatic rings. The fraction of sp³-hybridized carbons (Fsp3) is 0.148. The molecule has 3 atom stereocenters. The Morgan fingerprint density at radius 2 is 1.61 bits per heavy atom. The second-order valence-corrected chi connectivity index (χ2v) is 11.4. The third-order valence-corrected chi connectivity index (χ3v) is 8.68. The summed E-state index contributed by atoms with van der Waals surface area (Å²) in [6.07, 6.45) is 4.49. The zero-order valence-corrected chi connectivity index (χ0v) is 21.3. The third-order valence-electron chi connectivity index (χ3n) is 6.55. The molecule has 2 aliphatic heterocycles.